The topological polar surface area (TPSA) is 78.4 Å². The Labute approximate surface area is 123 Å². The predicted molar refractivity (Wildman–Crippen MR) is 79.1 cm³/mol. The first-order valence-corrected chi connectivity index (χ1v) is 6.72. The van der Waals surface area contributed by atoms with E-state index in [0.717, 1.165) is 5.56 Å². The molecule has 3 N–H and O–H groups in total. The maximum atomic E-state index is 11.8. The number of rotatable bonds is 6. The van der Waals surface area contributed by atoms with E-state index in [4.69, 9.17) is 16.7 Å². The Balaban J connectivity index is 2.50. The van der Waals surface area contributed by atoms with Gasteiger partial charge in [0.15, 0.2) is 0 Å². The average Bonchev–Trinajstić information content (AvgIpc) is 2.33. The number of halogens is 1. The monoisotopic (exact) mass is 298 g/mol. The molecule has 0 aromatic heterocycles. The van der Waals surface area contributed by atoms with Crippen LogP contribution in [0.4, 0.5) is 5.69 Å². The maximum absolute atomic E-state index is 11.8. The number of aryl methyl sites for hydroxylation is 1. The number of hydrogen-bond acceptors (Lipinski definition) is 3. The summed E-state index contributed by atoms with van der Waals surface area (Å²) in [7, 11) is 0. The summed E-state index contributed by atoms with van der Waals surface area (Å²) in [5, 5.41) is 14.9. The first-order valence-electron chi connectivity index (χ1n) is 6.34. The molecule has 0 aliphatic heterocycles. The van der Waals surface area contributed by atoms with Gasteiger partial charge < -0.3 is 15.7 Å². The second kappa shape index (κ2) is 7.26. The Bertz CT molecular complexity index is 505. The minimum Gasteiger partial charge on any atom is -0.480 e. The minimum atomic E-state index is -0.942. The van der Waals surface area contributed by atoms with Crippen molar-refractivity contribution in [3.05, 3.63) is 28.8 Å². The highest BCUT2D eigenvalue weighted by molar-refractivity contribution is 6.31. The number of aliphatic carboxylic acids is 1. The van der Waals surface area contributed by atoms with Gasteiger partial charge in [-0.1, -0.05) is 17.7 Å². The summed E-state index contributed by atoms with van der Waals surface area (Å²) in [6.07, 6.45) is 0.184. The SMILES string of the molecule is Cc1ccc(NC(=O)CC(C)NC(C)C(=O)O)cc1Cl. The fourth-order valence-electron chi connectivity index (χ4n) is 1.72. The molecular weight excluding hydrogens is 280 g/mol. The van der Waals surface area contributed by atoms with Crippen molar-refractivity contribution in [2.45, 2.75) is 39.3 Å². The van der Waals surface area contributed by atoms with Crippen molar-refractivity contribution >= 4 is 29.2 Å². The summed E-state index contributed by atoms with van der Waals surface area (Å²) in [5.74, 6) is -1.13. The molecule has 0 fully saturated rings. The molecule has 0 aliphatic rings. The largest absolute Gasteiger partial charge is 0.480 e. The quantitative estimate of drug-likeness (QED) is 0.754. The molecule has 0 heterocycles. The number of amides is 1. The molecule has 0 aliphatic carbocycles. The van der Waals surface area contributed by atoms with E-state index in [2.05, 4.69) is 10.6 Å². The van der Waals surface area contributed by atoms with Gasteiger partial charge in [0.05, 0.1) is 0 Å². The summed E-state index contributed by atoms with van der Waals surface area (Å²) >= 11 is 5.98. The van der Waals surface area contributed by atoms with E-state index in [-0.39, 0.29) is 18.4 Å². The van der Waals surface area contributed by atoms with Crippen molar-refractivity contribution in [3.63, 3.8) is 0 Å². The standard InChI is InChI=1S/C14H19ClN2O3/c1-8-4-5-11(7-12(8)15)17-13(18)6-9(2)16-10(3)14(19)20/h4-5,7,9-10,16H,6H2,1-3H3,(H,17,18)(H,19,20). The number of carbonyl (C=O) groups is 2. The fourth-order valence-corrected chi connectivity index (χ4v) is 1.90. The lowest BCUT2D eigenvalue weighted by molar-refractivity contribution is -0.139. The number of carboxylic acids is 1. The third kappa shape index (κ3) is 5.19. The van der Waals surface area contributed by atoms with Crippen molar-refractivity contribution in [2.75, 3.05) is 5.32 Å². The molecule has 1 aromatic rings. The average molecular weight is 299 g/mol. The van der Waals surface area contributed by atoms with Gasteiger partial charge in [0.1, 0.15) is 6.04 Å². The number of anilines is 1. The van der Waals surface area contributed by atoms with Gasteiger partial charge in [-0.25, -0.2) is 0 Å². The molecule has 1 rings (SSSR count). The highest BCUT2D eigenvalue weighted by Crippen LogP contribution is 2.20. The first-order chi connectivity index (χ1) is 9.29. The number of nitrogens with one attached hydrogen (secondary N) is 2. The van der Waals surface area contributed by atoms with Crippen LogP contribution < -0.4 is 10.6 Å². The van der Waals surface area contributed by atoms with Gasteiger partial charge in [-0.05, 0) is 38.5 Å². The summed E-state index contributed by atoms with van der Waals surface area (Å²) in [6.45, 7) is 5.19. The summed E-state index contributed by atoms with van der Waals surface area (Å²) in [5.41, 5.74) is 1.57. The Morgan fingerprint density at radius 3 is 2.55 bits per heavy atom. The fraction of sp³-hybridized carbons (Fsp3) is 0.429. The van der Waals surface area contributed by atoms with Crippen LogP contribution >= 0.6 is 11.6 Å². The molecular formula is C14H19ClN2O3. The third-order valence-corrected chi connectivity index (χ3v) is 3.26. The van der Waals surface area contributed by atoms with Crippen LogP contribution in [0.15, 0.2) is 18.2 Å². The number of carboxylic acid groups (broad SMARTS) is 1. The lowest BCUT2D eigenvalue weighted by Crippen LogP contribution is -2.41. The van der Waals surface area contributed by atoms with Gasteiger partial charge >= 0.3 is 5.97 Å². The molecule has 0 spiro atoms. The Hall–Kier alpha value is -1.59. The van der Waals surface area contributed by atoms with Crippen molar-refractivity contribution in [3.8, 4) is 0 Å². The molecule has 2 unspecified atom stereocenters. The Morgan fingerprint density at radius 2 is 2.00 bits per heavy atom. The molecule has 6 heteroatoms. The highest BCUT2D eigenvalue weighted by Gasteiger charge is 2.16. The van der Waals surface area contributed by atoms with Crippen LogP contribution in [0.5, 0.6) is 0 Å². The van der Waals surface area contributed by atoms with Gasteiger partial charge in [-0.3, -0.25) is 9.59 Å². The van der Waals surface area contributed by atoms with Gasteiger partial charge in [-0.15, -0.1) is 0 Å². The normalized spacial score (nSPS) is 13.6. The van der Waals surface area contributed by atoms with E-state index < -0.39 is 12.0 Å². The predicted octanol–water partition coefficient (Wildman–Crippen LogP) is 2.43. The lowest BCUT2D eigenvalue weighted by Gasteiger charge is -2.16. The van der Waals surface area contributed by atoms with Crippen LogP contribution in [0, 0.1) is 6.92 Å². The molecule has 1 amide bonds. The molecule has 0 saturated heterocycles. The van der Waals surface area contributed by atoms with Crippen molar-refractivity contribution in [1.29, 1.82) is 0 Å². The third-order valence-electron chi connectivity index (χ3n) is 2.85. The van der Waals surface area contributed by atoms with Crippen LogP contribution in [0.2, 0.25) is 5.02 Å². The van der Waals surface area contributed by atoms with Gasteiger partial charge in [0.25, 0.3) is 0 Å². The molecule has 0 radical (unpaired) electrons. The Kier molecular flexibility index (Phi) is 5.98. The smallest absolute Gasteiger partial charge is 0.320 e. The minimum absolute atomic E-state index is 0.184. The zero-order chi connectivity index (χ0) is 15.3. The maximum Gasteiger partial charge on any atom is 0.320 e. The summed E-state index contributed by atoms with van der Waals surface area (Å²) in [6, 6.07) is 4.37. The number of benzene rings is 1. The van der Waals surface area contributed by atoms with E-state index in [1.54, 1.807) is 19.1 Å². The van der Waals surface area contributed by atoms with Crippen molar-refractivity contribution in [2.24, 2.45) is 0 Å². The Morgan fingerprint density at radius 1 is 1.35 bits per heavy atom. The molecule has 2 atom stereocenters. The van der Waals surface area contributed by atoms with Crippen LogP contribution in [0.1, 0.15) is 25.8 Å². The zero-order valence-corrected chi connectivity index (χ0v) is 12.5. The van der Waals surface area contributed by atoms with Crippen LogP contribution in [0.3, 0.4) is 0 Å². The van der Waals surface area contributed by atoms with Gasteiger partial charge in [0.2, 0.25) is 5.91 Å². The first kappa shape index (κ1) is 16.5. The summed E-state index contributed by atoms with van der Waals surface area (Å²) in [4.78, 5) is 22.5. The number of carbonyl (C=O) groups excluding carboxylic acids is 1. The molecule has 0 saturated carbocycles. The second-order valence-electron chi connectivity index (χ2n) is 4.84. The number of hydrogen-bond donors (Lipinski definition) is 3. The molecule has 110 valence electrons. The summed E-state index contributed by atoms with van der Waals surface area (Å²) < 4.78 is 0. The van der Waals surface area contributed by atoms with Crippen LogP contribution in [0.25, 0.3) is 0 Å². The zero-order valence-electron chi connectivity index (χ0n) is 11.7. The molecule has 0 bridgehead atoms. The van der Waals surface area contributed by atoms with E-state index in [1.807, 2.05) is 13.0 Å². The molecule has 20 heavy (non-hydrogen) atoms. The van der Waals surface area contributed by atoms with Crippen molar-refractivity contribution in [1.82, 2.24) is 5.32 Å². The van der Waals surface area contributed by atoms with Gasteiger partial charge in [0, 0.05) is 23.2 Å². The van der Waals surface area contributed by atoms with Crippen LogP contribution in [-0.2, 0) is 9.59 Å². The van der Waals surface area contributed by atoms with Crippen molar-refractivity contribution < 1.29 is 14.7 Å². The van der Waals surface area contributed by atoms with E-state index in [9.17, 15) is 9.59 Å². The van der Waals surface area contributed by atoms with E-state index >= 15 is 0 Å². The second-order valence-corrected chi connectivity index (χ2v) is 5.25. The van der Waals surface area contributed by atoms with Crippen LogP contribution in [-0.4, -0.2) is 29.1 Å². The van der Waals surface area contributed by atoms with E-state index in [0.29, 0.717) is 10.7 Å². The lowest BCUT2D eigenvalue weighted by atomic mass is 10.2. The molecule has 1 aromatic carbocycles. The van der Waals surface area contributed by atoms with Gasteiger partial charge in [-0.2, -0.15) is 0 Å². The highest BCUT2D eigenvalue weighted by atomic mass is 35.5. The molecule has 5 nitrogen and oxygen atoms in total. The van der Waals surface area contributed by atoms with E-state index in [1.165, 1.54) is 6.92 Å².